The summed E-state index contributed by atoms with van der Waals surface area (Å²) in [5.41, 5.74) is 0. The maximum atomic E-state index is 12.0. The van der Waals surface area contributed by atoms with E-state index < -0.39 is 0 Å². The lowest BCUT2D eigenvalue weighted by molar-refractivity contribution is -0.122. The Bertz CT molecular complexity index is 340. The SMILES string of the molecule is CCC(CC)C(=O)Cc1ncnn1C(C)C. The van der Waals surface area contributed by atoms with Gasteiger partial charge in [-0.2, -0.15) is 5.10 Å². The Labute approximate surface area is 97.1 Å². The number of aromatic nitrogens is 3. The van der Waals surface area contributed by atoms with E-state index >= 15 is 0 Å². The Hall–Kier alpha value is -1.19. The van der Waals surface area contributed by atoms with Crippen molar-refractivity contribution in [3.05, 3.63) is 12.2 Å². The molecule has 0 bridgehead atoms. The van der Waals surface area contributed by atoms with E-state index in [0.29, 0.717) is 6.42 Å². The average Bonchev–Trinajstić information content (AvgIpc) is 2.67. The summed E-state index contributed by atoms with van der Waals surface area (Å²) in [6.07, 6.45) is 3.75. The first kappa shape index (κ1) is 12.9. The summed E-state index contributed by atoms with van der Waals surface area (Å²) in [5, 5.41) is 4.13. The maximum Gasteiger partial charge on any atom is 0.143 e. The lowest BCUT2D eigenvalue weighted by Gasteiger charge is -2.12. The van der Waals surface area contributed by atoms with Crippen molar-refractivity contribution in [1.82, 2.24) is 14.8 Å². The van der Waals surface area contributed by atoms with Crippen molar-refractivity contribution in [3.63, 3.8) is 0 Å². The van der Waals surface area contributed by atoms with E-state index in [-0.39, 0.29) is 17.7 Å². The van der Waals surface area contributed by atoms with Gasteiger partial charge < -0.3 is 0 Å². The number of hydrogen-bond acceptors (Lipinski definition) is 3. The van der Waals surface area contributed by atoms with Crippen LogP contribution in [0.4, 0.5) is 0 Å². The van der Waals surface area contributed by atoms with E-state index in [1.807, 2.05) is 18.5 Å². The third kappa shape index (κ3) is 2.90. The lowest BCUT2D eigenvalue weighted by atomic mass is 9.96. The Morgan fingerprint density at radius 3 is 2.50 bits per heavy atom. The molecule has 90 valence electrons. The highest BCUT2D eigenvalue weighted by atomic mass is 16.1. The van der Waals surface area contributed by atoms with Crippen LogP contribution in [0.1, 0.15) is 52.4 Å². The van der Waals surface area contributed by atoms with Gasteiger partial charge in [-0.1, -0.05) is 13.8 Å². The summed E-state index contributed by atoms with van der Waals surface area (Å²) in [7, 11) is 0. The smallest absolute Gasteiger partial charge is 0.143 e. The summed E-state index contributed by atoms with van der Waals surface area (Å²) >= 11 is 0. The van der Waals surface area contributed by atoms with Gasteiger partial charge in [0.15, 0.2) is 0 Å². The summed E-state index contributed by atoms with van der Waals surface area (Å²) in [6, 6.07) is 0.256. The van der Waals surface area contributed by atoms with Crippen LogP contribution < -0.4 is 0 Å². The first-order chi connectivity index (χ1) is 7.60. The molecule has 1 aromatic heterocycles. The average molecular weight is 223 g/mol. The first-order valence-electron chi connectivity index (χ1n) is 6.01. The third-order valence-corrected chi connectivity index (χ3v) is 2.91. The zero-order valence-corrected chi connectivity index (χ0v) is 10.6. The molecule has 16 heavy (non-hydrogen) atoms. The number of Topliss-reactive ketones (excluding diaryl/α,β-unsaturated/α-hetero) is 1. The Morgan fingerprint density at radius 1 is 1.38 bits per heavy atom. The highest BCUT2D eigenvalue weighted by molar-refractivity contribution is 5.82. The number of carbonyl (C=O) groups is 1. The molecule has 0 saturated carbocycles. The Kier molecular flexibility index (Phi) is 4.65. The van der Waals surface area contributed by atoms with E-state index in [4.69, 9.17) is 0 Å². The van der Waals surface area contributed by atoms with Crippen molar-refractivity contribution in [2.45, 2.75) is 53.0 Å². The second kappa shape index (κ2) is 5.77. The fourth-order valence-corrected chi connectivity index (χ4v) is 1.88. The number of hydrogen-bond donors (Lipinski definition) is 0. The molecule has 0 radical (unpaired) electrons. The van der Waals surface area contributed by atoms with Crippen LogP contribution in [-0.4, -0.2) is 20.5 Å². The predicted octanol–water partition coefficient (Wildman–Crippen LogP) is 2.41. The summed E-state index contributed by atoms with van der Waals surface area (Å²) < 4.78 is 1.82. The molecule has 0 saturated heterocycles. The van der Waals surface area contributed by atoms with Gasteiger partial charge >= 0.3 is 0 Å². The third-order valence-electron chi connectivity index (χ3n) is 2.91. The van der Waals surface area contributed by atoms with Crippen LogP contribution in [0.25, 0.3) is 0 Å². The summed E-state index contributed by atoms with van der Waals surface area (Å²) in [6.45, 7) is 8.19. The minimum absolute atomic E-state index is 0.164. The van der Waals surface area contributed by atoms with Gasteiger partial charge in [-0.25, -0.2) is 9.67 Å². The molecular weight excluding hydrogens is 202 g/mol. The van der Waals surface area contributed by atoms with Crippen molar-refractivity contribution in [1.29, 1.82) is 0 Å². The van der Waals surface area contributed by atoms with Gasteiger partial charge in [0.2, 0.25) is 0 Å². The Morgan fingerprint density at radius 2 is 2.00 bits per heavy atom. The topological polar surface area (TPSA) is 47.8 Å². The highest BCUT2D eigenvalue weighted by Gasteiger charge is 2.18. The predicted molar refractivity (Wildman–Crippen MR) is 63.2 cm³/mol. The minimum atomic E-state index is 0.164. The van der Waals surface area contributed by atoms with E-state index in [1.165, 1.54) is 6.33 Å². The van der Waals surface area contributed by atoms with Gasteiger partial charge in [-0.3, -0.25) is 4.79 Å². The van der Waals surface area contributed by atoms with Crippen molar-refractivity contribution < 1.29 is 4.79 Å². The second-order valence-electron chi connectivity index (χ2n) is 4.37. The quantitative estimate of drug-likeness (QED) is 0.744. The molecule has 0 aliphatic rings. The molecule has 0 atom stereocenters. The molecule has 1 rings (SSSR count). The molecule has 4 heteroatoms. The van der Waals surface area contributed by atoms with Gasteiger partial charge in [0.25, 0.3) is 0 Å². The minimum Gasteiger partial charge on any atom is -0.299 e. The first-order valence-corrected chi connectivity index (χ1v) is 6.01. The molecule has 0 aliphatic heterocycles. The number of rotatable bonds is 6. The summed E-state index contributed by atoms with van der Waals surface area (Å²) in [5.74, 6) is 1.23. The van der Waals surface area contributed by atoms with Crippen LogP contribution >= 0.6 is 0 Å². The molecule has 0 N–H and O–H groups in total. The van der Waals surface area contributed by atoms with E-state index in [9.17, 15) is 4.79 Å². The van der Waals surface area contributed by atoms with Crippen LogP contribution in [0.15, 0.2) is 6.33 Å². The van der Waals surface area contributed by atoms with Crippen molar-refractivity contribution >= 4 is 5.78 Å². The molecular formula is C12H21N3O. The summed E-state index contributed by atoms with van der Waals surface area (Å²) in [4.78, 5) is 16.1. The molecule has 0 unspecified atom stereocenters. The number of nitrogens with zero attached hydrogens (tertiary/aromatic N) is 3. The molecule has 0 spiro atoms. The molecule has 1 heterocycles. The number of carbonyl (C=O) groups excluding carboxylic acids is 1. The fraction of sp³-hybridized carbons (Fsp3) is 0.750. The molecule has 0 amide bonds. The van der Waals surface area contributed by atoms with Gasteiger partial charge in [0.05, 0.1) is 6.42 Å². The standard InChI is InChI=1S/C12H21N3O/c1-5-10(6-2)11(16)7-12-13-8-14-15(12)9(3)4/h8-10H,5-7H2,1-4H3. The van der Waals surface area contributed by atoms with E-state index in [2.05, 4.69) is 23.9 Å². The van der Waals surface area contributed by atoms with Gasteiger partial charge in [0.1, 0.15) is 17.9 Å². The van der Waals surface area contributed by atoms with Gasteiger partial charge in [-0.05, 0) is 26.7 Å². The van der Waals surface area contributed by atoms with Crippen LogP contribution in [0.5, 0.6) is 0 Å². The normalized spacial score (nSPS) is 11.4. The van der Waals surface area contributed by atoms with Crippen LogP contribution in [-0.2, 0) is 11.2 Å². The van der Waals surface area contributed by atoms with Crippen LogP contribution in [0.3, 0.4) is 0 Å². The maximum absolute atomic E-state index is 12.0. The number of ketones is 1. The Balaban J connectivity index is 2.72. The molecule has 4 nitrogen and oxygen atoms in total. The zero-order valence-electron chi connectivity index (χ0n) is 10.6. The van der Waals surface area contributed by atoms with Crippen LogP contribution in [0, 0.1) is 5.92 Å². The van der Waals surface area contributed by atoms with Gasteiger partial charge in [0, 0.05) is 12.0 Å². The van der Waals surface area contributed by atoms with Crippen LogP contribution in [0.2, 0.25) is 0 Å². The lowest BCUT2D eigenvalue weighted by Crippen LogP contribution is -2.19. The van der Waals surface area contributed by atoms with Gasteiger partial charge in [-0.15, -0.1) is 0 Å². The van der Waals surface area contributed by atoms with E-state index in [1.54, 1.807) is 0 Å². The molecule has 0 aromatic carbocycles. The van der Waals surface area contributed by atoms with E-state index in [0.717, 1.165) is 18.7 Å². The largest absolute Gasteiger partial charge is 0.299 e. The fourth-order valence-electron chi connectivity index (χ4n) is 1.88. The van der Waals surface area contributed by atoms with Crippen molar-refractivity contribution in [2.75, 3.05) is 0 Å². The van der Waals surface area contributed by atoms with Crippen molar-refractivity contribution in [3.8, 4) is 0 Å². The zero-order chi connectivity index (χ0) is 12.1. The molecule has 0 aliphatic carbocycles. The second-order valence-corrected chi connectivity index (χ2v) is 4.37. The molecule has 0 fully saturated rings. The molecule has 1 aromatic rings. The monoisotopic (exact) mass is 223 g/mol. The van der Waals surface area contributed by atoms with Crippen molar-refractivity contribution in [2.24, 2.45) is 5.92 Å². The highest BCUT2D eigenvalue weighted by Crippen LogP contribution is 2.13.